The van der Waals surface area contributed by atoms with Gasteiger partial charge in [-0.15, -0.1) is 0 Å². The summed E-state index contributed by atoms with van der Waals surface area (Å²) in [7, 11) is 0. The highest BCUT2D eigenvalue weighted by Gasteiger charge is 2.18. The van der Waals surface area contributed by atoms with Crippen LogP contribution in [-0.4, -0.2) is 34.2 Å². The van der Waals surface area contributed by atoms with Gasteiger partial charge in [0.25, 0.3) is 0 Å². The van der Waals surface area contributed by atoms with Gasteiger partial charge in [0.1, 0.15) is 0 Å². The van der Waals surface area contributed by atoms with Crippen LogP contribution in [0.1, 0.15) is 12.5 Å². The van der Waals surface area contributed by atoms with Crippen molar-refractivity contribution in [2.75, 3.05) is 18.6 Å². The van der Waals surface area contributed by atoms with Crippen LogP contribution in [0.5, 0.6) is 0 Å². The molecule has 2 rings (SSSR count). The number of hydrogen-bond donors (Lipinski definition) is 3. The Morgan fingerprint density at radius 3 is 3.00 bits per heavy atom. The summed E-state index contributed by atoms with van der Waals surface area (Å²) < 4.78 is 0. The first-order valence-corrected chi connectivity index (χ1v) is 7.96. The third kappa shape index (κ3) is 3.89. The molecular weight excluding hydrogens is 280 g/mol. The predicted molar refractivity (Wildman–Crippen MR) is 84.0 cm³/mol. The molecule has 1 aromatic carbocycles. The Balaban J connectivity index is 1.99. The zero-order chi connectivity index (χ0) is 13.9. The van der Waals surface area contributed by atoms with Crippen molar-refractivity contribution in [2.24, 2.45) is 0 Å². The largest absolute Gasteiger partial charge is 0.388 e. The minimum absolute atomic E-state index is 0.577. The van der Waals surface area contributed by atoms with Crippen molar-refractivity contribution in [3.05, 3.63) is 35.0 Å². The molecule has 0 fully saturated rings. The number of aromatic nitrogens is 1. The average molecular weight is 299 g/mol. The normalized spacial score (nSPS) is 14.7. The summed E-state index contributed by atoms with van der Waals surface area (Å²) in [5.41, 5.74) is 1.56. The van der Waals surface area contributed by atoms with E-state index >= 15 is 0 Å². The molecule has 104 valence electrons. The van der Waals surface area contributed by atoms with Gasteiger partial charge in [0.05, 0.1) is 5.60 Å². The van der Waals surface area contributed by atoms with Crippen molar-refractivity contribution < 1.29 is 5.11 Å². The van der Waals surface area contributed by atoms with Crippen molar-refractivity contribution in [3.8, 4) is 0 Å². The Labute approximate surface area is 122 Å². The van der Waals surface area contributed by atoms with Gasteiger partial charge in [0.2, 0.25) is 0 Å². The number of rotatable bonds is 6. The van der Waals surface area contributed by atoms with Gasteiger partial charge in [0, 0.05) is 41.0 Å². The molecule has 0 aliphatic rings. The molecule has 0 saturated heterocycles. The fourth-order valence-corrected chi connectivity index (χ4v) is 3.03. The summed E-state index contributed by atoms with van der Waals surface area (Å²) in [6, 6.07) is 5.83. The summed E-state index contributed by atoms with van der Waals surface area (Å²) in [4.78, 5) is 3.21. The summed E-state index contributed by atoms with van der Waals surface area (Å²) in [5.74, 6) is 0.726. The van der Waals surface area contributed by atoms with Gasteiger partial charge in [0.15, 0.2) is 0 Å². The zero-order valence-electron chi connectivity index (χ0n) is 11.2. The van der Waals surface area contributed by atoms with Crippen LogP contribution in [0.3, 0.4) is 0 Å². The number of aromatic amines is 1. The van der Waals surface area contributed by atoms with E-state index in [0.717, 1.165) is 22.8 Å². The third-order valence-electron chi connectivity index (χ3n) is 3.01. The zero-order valence-corrected chi connectivity index (χ0v) is 12.7. The van der Waals surface area contributed by atoms with Crippen molar-refractivity contribution in [1.82, 2.24) is 10.3 Å². The van der Waals surface area contributed by atoms with E-state index in [1.807, 2.05) is 37.6 Å². The summed E-state index contributed by atoms with van der Waals surface area (Å²) in [5, 5.41) is 15.3. The number of halogens is 1. The first-order valence-electron chi connectivity index (χ1n) is 6.19. The number of nitrogens with one attached hydrogen (secondary N) is 2. The second kappa shape index (κ2) is 6.18. The van der Waals surface area contributed by atoms with Crippen LogP contribution < -0.4 is 5.32 Å². The third-order valence-corrected chi connectivity index (χ3v) is 4.15. The van der Waals surface area contributed by atoms with Crippen LogP contribution in [0.15, 0.2) is 24.4 Å². The highest BCUT2D eigenvalue weighted by Crippen LogP contribution is 2.22. The summed E-state index contributed by atoms with van der Waals surface area (Å²) in [6.07, 6.45) is 3.98. The molecule has 0 saturated carbocycles. The number of thioether (sulfide) groups is 1. The summed E-state index contributed by atoms with van der Waals surface area (Å²) >= 11 is 7.61. The Kier molecular flexibility index (Phi) is 4.79. The van der Waals surface area contributed by atoms with Crippen molar-refractivity contribution in [2.45, 2.75) is 19.1 Å². The van der Waals surface area contributed by atoms with Gasteiger partial charge in [-0.3, -0.25) is 0 Å². The Morgan fingerprint density at radius 1 is 1.47 bits per heavy atom. The highest BCUT2D eigenvalue weighted by atomic mass is 35.5. The maximum atomic E-state index is 10.1. The minimum atomic E-state index is -0.672. The van der Waals surface area contributed by atoms with E-state index in [9.17, 15) is 5.11 Å². The van der Waals surface area contributed by atoms with Crippen LogP contribution in [0.25, 0.3) is 10.9 Å². The molecule has 1 atom stereocenters. The molecule has 1 heterocycles. The molecular formula is C14H19ClN2OS. The van der Waals surface area contributed by atoms with E-state index in [1.165, 1.54) is 10.9 Å². The number of hydrogen-bond acceptors (Lipinski definition) is 3. The Bertz CT molecular complexity index is 553. The monoisotopic (exact) mass is 298 g/mol. The molecule has 1 unspecified atom stereocenters. The van der Waals surface area contributed by atoms with Gasteiger partial charge >= 0.3 is 0 Å². The quantitative estimate of drug-likeness (QED) is 0.768. The van der Waals surface area contributed by atoms with Crippen molar-refractivity contribution in [1.29, 1.82) is 0 Å². The molecule has 2 aromatic rings. The molecule has 0 amide bonds. The molecule has 0 bridgehead atoms. The van der Waals surface area contributed by atoms with Crippen LogP contribution in [-0.2, 0) is 6.54 Å². The molecule has 0 aliphatic heterocycles. The number of benzene rings is 1. The molecule has 3 N–H and O–H groups in total. The Hall–Kier alpha value is -0.680. The van der Waals surface area contributed by atoms with Crippen LogP contribution in [0, 0.1) is 0 Å². The Morgan fingerprint density at radius 2 is 2.26 bits per heavy atom. The van der Waals surface area contributed by atoms with Crippen molar-refractivity contribution >= 4 is 34.3 Å². The smallest absolute Gasteiger partial charge is 0.0833 e. The molecule has 3 nitrogen and oxygen atoms in total. The molecule has 0 radical (unpaired) electrons. The van der Waals surface area contributed by atoms with E-state index in [4.69, 9.17) is 11.6 Å². The molecule has 0 spiro atoms. The lowest BCUT2D eigenvalue weighted by Crippen LogP contribution is -2.39. The minimum Gasteiger partial charge on any atom is -0.388 e. The topological polar surface area (TPSA) is 48.0 Å². The lowest BCUT2D eigenvalue weighted by Gasteiger charge is -2.22. The molecule has 5 heteroatoms. The van der Waals surface area contributed by atoms with E-state index in [1.54, 1.807) is 11.8 Å². The number of aliphatic hydroxyl groups is 1. The maximum absolute atomic E-state index is 10.1. The first kappa shape index (κ1) is 14.7. The van der Waals surface area contributed by atoms with Crippen LogP contribution in [0.2, 0.25) is 5.02 Å². The van der Waals surface area contributed by atoms with E-state index in [-0.39, 0.29) is 0 Å². The van der Waals surface area contributed by atoms with E-state index < -0.39 is 5.60 Å². The lowest BCUT2D eigenvalue weighted by atomic mass is 10.1. The lowest BCUT2D eigenvalue weighted by molar-refractivity contribution is 0.0846. The van der Waals surface area contributed by atoms with Gasteiger partial charge in [-0.05, 0) is 30.9 Å². The van der Waals surface area contributed by atoms with Crippen LogP contribution >= 0.6 is 23.4 Å². The molecule has 19 heavy (non-hydrogen) atoms. The highest BCUT2D eigenvalue weighted by molar-refractivity contribution is 7.98. The fourth-order valence-electron chi connectivity index (χ4n) is 2.13. The second-order valence-electron chi connectivity index (χ2n) is 5.04. The molecule has 1 aromatic heterocycles. The van der Waals surface area contributed by atoms with Crippen molar-refractivity contribution in [3.63, 3.8) is 0 Å². The number of H-pyrrole nitrogens is 1. The van der Waals surface area contributed by atoms with Gasteiger partial charge in [-0.25, -0.2) is 0 Å². The average Bonchev–Trinajstić information content (AvgIpc) is 2.71. The predicted octanol–water partition coefficient (Wildman–Crippen LogP) is 3.02. The van der Waals surface area contributed by atoms with Gasteiger partial charge < -0.3 is 15.4 Å². The van der Waals surface area contributed by atoms with E-state index in [2.05, 4.69) is 10.3 Å². The van der Waals surface area contributed by atoms with Gasteiger partial charge in [-0.1, -0.05) is 17.7 Å². The van der Waals surface area contributed by atoms with Crippen LogP contribution in [0.4, 0.5) is 0 Å². The maximum Gasteiger partial charge on any atom is 0.0833 e. The summed E-state index contributed by atoms with van der Waals surface area (Å²) in [6.45, 7) is 3.16. The SMILES string of the molecule is CSCC(C)(O)CNCc1c[nH]c2cc(Cl)ccc12. The van der Waals surface area contributed by atoms with Gasteiger partial charge in [-0.2, -0.15) is 11.8 Å². The first-order chi connectivity index (χ1) is 9.02. The second-order valence-corrected chi connectivity index (χ2v) is 6.34. The fraction of sp³-hybridized carbons (Fsp3) is 0.429. The van der Waals surface area contributed by atoms with E-state index in [0.29, 0.717) is 6.54 Å². The standard InChI is InChI=1S/C14H19ClN2OS/c1-14(18,9-19-2)8-16-6-10-7-17-13-5-11(15)3-4-12(10)13/h3-5,7,16-18H,6,8-9H2,1-2H3. The number of fused-ring (bicyclic) bond motifs is 1. The molecule has 0 aliphatic carbocycles.